The number of carbonyl (C=O) groups is 1. The van der Waals surface area contributed by atoms with Crippen LogP contribution in [0.2, 0.25) is 0 Å². The van der Waals surface area contributed by atoms with Gasteiger partial charge in [0.2, 0.25) is 9.84 Å². The number of hydrogen-bond acceptors (Lipinski definition) is 5. The zero-order chi connectivity index (χ0) is 17.7. The van der Waals surface area contributed by atoms with Gasteiger partial charge < -0.3 is 15.0 Å². The Morgan fingerprint density at radius 1 is 0.960 bits per heavy atom. The molecule has 7 heteroatoms. The van der Waals surface area contributed by atoms with E-state index in [9.17, 15) is 13.2 Å². The highest BCUT2D eigenvalue weighted by atomic mass is 32.2. The Hall–Kier alpha value is -2.38. The van der Waals surface area contributed by atoms with Crippen LogP contribution < -0.4 is 10.1 Å². The third-order valence-corrected chi connectivity index (χ3v) is 5.81. The number of rotatable bonds is 5. The quantitative estimate of drug-likeness (QED) is 0.871. The minimum Gasteiger partial charge on any atom is -0.484 e. The summed E-state index contributed by atoms with van der Waals surface area (Å²) in [7, 11) is -3.54. The number of carbonyl (C=O) groups excluding carboxylic acids is 1. The molecule has 1 fully saturated rings. The Morgan fingerprint density at radius 3 is 2.20 bits per heavy atom. The average molecular weight is 360 g/mol. The Labute approximate surface area is 147 Å². The third-order valence-electron chi connectivity index (χ3n) is 4.02. The van der Waals surface area contributed by atoms with Crippen molar-refractivity contribution in [1.82, 2.24) is 10.2 Å². The van der Waals surface area contributed by atoms with Crippen molar-refractivity contribution >= 4 is 15.7 Å². The van der Waals surface area contributed by atoms with Crippen LogP contribution in [0.15, 0.2) is 64.4 Å². The van der Waals surface area contributed by atoms with Crippen molar-refractivity contribution in [3.8, 4) is 5.75 Å². The van der Waals surface area contributed by atoms with Crippen LogP contribution in [0.4, 0.5) is 0 Å². The van der Waals surface area contributed by atoms with E-state index in [1.54, 1.807) is 47.4 Å². The van der Waals surface area contributed by atoms with Crippen LogP contribution in [-0.4, -0.2) is 52.0 Å². The fraction of sp³-hybridized carbons (Fsp3) is 0.278. The molecular weight excluding hydrogens is 340 g/mol. The Kier molecular flexibility index (Phi) is 5.35. The molecule has 0 radical (unpaired) electrons. The van der Waals surface area contributed by atoms with E-state index in [1.807, 2.05) is 0 Å². The van der Waals surface area contributed by atoms with Crippen LogP contribution in [0.3, 0.4) is 0 Å². The summed E-state index contributed by atoms with van der Waals surface area (Å²) in [4.78, 5) is 14.3. The van der Waals surface area contributed by atoms with Crippen molar-refractivity contribution in [1.29, 1.82) is 0 Å². The van der Waals surface area contributed by atoms with E-state index in [-0.39, 0.29) is 22.3 Å². The van der Waals surface area contributed by atoms with E-state index in [4.69, 9.17) is 4.74 Å². The summed E-state index contributed by atoms with van der Waals surface area (Å²) in [5, 5.41) is 3.19. The molecule has 1 aliphatic heterocycles. The van der Waals surface area contributed by atoms with Gasteiger partial charge in [0.25, 0.3) is 5.91 Å². The second-order valence-electron chi connectivity index (χ2n) is 5.71. The van der Waals surface area contributed by atoms with Crippen LogP contribution >= 0.6 is 0 Å². The molecule has 0 atom stereocenters. The molecule has 3 rings (SSSR count). The summed E-state index contributed by atoms with van der Waals surface area (Å²) < 4.78 is 30.5. The molecule has 0 aromatic heterocycles. The molecule has 2 aromatic carbocycles. The molecule has 1 N–H and O–H groups in total. The highest BCUT2D eigenvalue weighted by Crippen LogP contribution is 2.22. The molecule has 25 heavy (non-hydrogen) atoms. The largest absolute Gasteiger partial charge is 0.484 e. The zero-order valence-electron chi connectivity index (χ0n) is 13.7. The monoisotopic (exact) mass is 360 g/mol. The minimum atomic E-state index is -3.54. The summed E-state index contributed by atoms with van der Waals surface area (Å²) in [6.45, 7) is 2.88. The summed E-state index contributed by atoms with van der Waals surface area (Å²) in [5.41, 5.74) is 0. The second kappa shape index (κ2) is 7.67. The van der Waals surface area contributed by atoms with Crippen LogP contribution in [0.25, 0.3) is 0 Å². The lowest BCUT2D eigenvalue weighted by Crippen LogP contribution is -2.47. The first kappa shape index (κ1) is 17.4. The van der Waals surface area contributed by atoms with Gasteiger partial charge in [0.15, 0.2) is 6.61 Å². The maximum atomic E-state index is 12.5. The SMILES string of the molecule is O=C(COc1ccc(S(=O)(=O)c2ccccc2)cc1)N1CCNCC1. The molecule has 2 aromatic rings. The summed E-state index contributed by atoms with van der Waals surface area (Å²) >= 11 is 0. The molecule has 0 aliphatic carbocycles. The van der Waals surface area contributed by atoms with Gasteiger partial charge in [-0.1, -0.05) is 18.2 Å². The standard InChI is InChI=1S/C18H20N2O4S/c21-18(20-12-10-19-11-13-20)14-24-15-6-8-17(9-7-15)25(22,23)16-4-2-1-3-5-16/h1-9,19H,10-14H2. The van der Waals surface area contributed by atoms with Crippen LogP contribution in [-0.2, 0) is 14.6 Å². The van der Waals surface area contributed by atoms with Gasteiger partial charge in [-0.05, 0) is 36.4 Å². The van der Waals surface area contributed by atoms with Crippen molar-refractivity contribution in [2.24, 2.45) is 0 Å². The van der Waals surface area contributed by atoms with Crippen molar-refractivity contribution < 1.29 is 17.9 Å². The zero-order valence-corrected chi connectivity index (χ0v) is 14.5. The molecule has 132 valence electrons. The molecule has 1 amide bonds. The number of sulfone groups is 1. The highest BCUT2D eigenvalue weighted by Gasteiger charge is 2.18. The van der Waals surface area contributed by atoms with E-state index in [0.29, 0.717) is 18.8 Å². The van der Waals surface area contributed by atoms with Gasteiger partial charge in [-0.15, -0.1) is 0 Å². The fourth-order valence-electron chi connectivity index (χ4n) is 2.60. The summed E-state index contributed by atoms with van der Waals surface area (Å²) in [5.74, 6) is 0.401. The van der Waals surface area contributed by atoms with Crippen molar-refractivity contribution in [3.63, 3.8) is 0 Å². The molecule has 0 spiro atoms. The van der Waals surface area contributed by atoms with E-state index in [0.717, 1.165) is 13.1 Å². The predicted molar refractivity (Wildman–Crippen MR) is 93.3 cm³/mol. The molecule has 0 unspecified atom stereocenters. The molecular formula is C18H20N2O4S. The minimum absolute atomic E-state index is 0.0508. The first-order chi connectivity index (χ1) is 12.1. The van der Waals surface area contributed by atoms with Gasteiger partial charge in [0.1, 0.15) is 5.75 Å². The molecule has 0 bridgehead atoms. The predicted octanol–water partition coefficient (Wildman–Crippen LogP) is 1.33. The Balaban J connectivity index is 1.63. The fourth-order valence-corrected chi connectivity index (χ4v) is 3.88. The normalized spacial score (nSPS) is 15.0. The second-order valence-corrected chi connectivity index (χ2v) is 7.66. The highest BCUT2D eigenvalue weighted by molar-refractivity contribution is 7.91. The number of nitrogens with zero attached hydrogens (tertiary/aromatic N) is 1. The van der Waals surface area contributed by atoms with E-state index in [2.05, 4.69) is 5.32 Å². The lowest BCUT2D eigenvalue weighted by atomic mass is 10.3. The average Bonchev–Trinajstić information content (AvgIpc) is 2.68. The van der Waals surface area contributed by atoms with Crippen molar-refractivity contribution in [3.05, 3.63) is 54.6 Å². The van der Waals surface area contributed by atoms with E-state index < -0.39 is 9.84 Å². The van der Waals surface area contributed by atoms with Crippen LogP contribution in [0, 0.1) is 0 Å². The molecule has 1 aliphatic rings. The molecule has 6 nitrogen and oxygen atoms in total. The number of ether oxygens (including phenoxy) is 1. The third kappa shape index (κ3) is 4.18. The lowest BCUT2D eigenvalue weighted by Gasteiger charge is -2.27. The number of benzene rings is 2. The smallest absolute Gasteiger partial charge is 0.260 e. The molecule has 0 saturated carbocycles. The Bertz CT molecular complexity index is 814. The van der Waals surface area contributed by atoms with Crippen molar-refractivity contribution in [2.75, 3.05) is 32.8 Å². The molecule has 1 heterocycles. The maximum absolute atomic E-state index is 12.5. The summed E-state index contributed by atoms with van der Waals surface area (Å²) in [6, 6.07) is 14.4. The van der Waals surface area contributed by atoms with Crippen LogP contribution in [0.5, 0.6) is 5.75 Å². The van der Waals surface area contributed by atoms with Gasteiger partial charge in [0.05, 0.1) is 9.79 Å². The van der Waals surface area contributed by atoms with Gasteiger partial charge >= 0.3 is 0 Å². The Morgan fingerprint density at radius 2 is 1.56 bits per heavy atom. The van der Waals surface area contributed by atoms with Gasteiger partial charge in [0, 0.05) is 26.2 Å². The van der Waals surface area contributed by atoms with Crippen molar-refractivity contribution in [2.45, 2.75) is 9.79 Å². The summed E-state index contributed by atoms with van der Waals surface area (Å²) in [6.07, 6.45) is 0. The van der Waals surface area contributed by atoms with E-state index >= 15 is 0 Å². The van der Waals surface area contributed by atoms with Gasteiger partial charge in [-0.25, -0.2) is 8.42 Å². The van der Waals surface area contributed by atoms with Crippen LogP contribution in [0.1, 0.15) is 0 Å². The number of piperazine rings is 1. The maximum Gasteiger partial charge on any atom is 0.260 e. The number of amides is 1. The topological polar surface area (TPSA) is 75.7 Å². The first-order valence-corrected chi connectivity index (χ1v) is 9.57. The number of hydrogen-bond donors (Lipinski definition) is 1. The van der Waals surface area contributed by atoms with E-state index in [1.165, 1.54) is 12.1 Å². The van der Waals surface area contributed by atoms with Gasteiger partial charge in [-0.3, -0.25) is 4.79 Å². The number of nitrogens with one attached hydrogen (secondary N) is 1. The lowest BCUT2D eigenvalue weighted by molar-refractivity contribution is -0.133. The first-order valence-electron chi connectivity index (χ1n) is 8.09. The molecule has 1 saturated heterocycles. The van der Waals surface area contributed by atoms with Gasteiger partial charge in [-0.2, -0.15) is 0 Å².